The summed E-state index contributed by atoms with van der Waals surface area (Å²) in [6.45, 7) is 1.32. The van der Waals surface area contributed by atoms with Crippen molar-refractivity contribution in [3.05, 3.63) is 0 Å². The van der Waals surface area contributed by atoms with Gasteiger partial charge in [0.05, 0.1) is 26.4 Å². The lowest BCUT2D eigenvalue weighted by molar-refractivity contribution is -0.138. The van der Waals surface area contributed by atoms with Crippen molar-refractivity contribution in [1.29, 1.82) is 0 Å². The van der Waals surface area contributed by atoms with Crippen LogP contribution in [0.4, 0.5) is 0 Å². The highest BCUT2D eigenvalue weighted by Gasteiger charge is 1.98. The number of carbonyl (C=O) groups excluding carboxylic acids is 1. The number of rotatable bonds is 9. The van der Waals surface area contributed by atoms with Crippen molar-refractivity contribution >= 4 is 5.91 Å². The summed E-state index contributed by atoms with van der Waals surface area (Å²) < 4.78 is 9.56. The Morgan fingerprint density at radius 1 is 1.29 bits per heavy atom. The highest BCUT2D eigenvalue weighted by atomic mass is 16.7. The largest absolute Gasteiger partial charge is 0.376 e. The fraction of sp³-hybridized carbons (Fsp3) is 0.857. The van der Waals surface area contributed by atoms with Gasteiger partial charge >= 0.3 is 0 Å². The van der Waals surface area contributed by atoms with Gasteiger partial charge in [-0.15, -0.1) is 0 Å². The lowest BCUT2D eigenvalue weighted by Crippen LogP contribution is -2.28. The van der Waals surface area contributed by atoms with Gasteiger partial charge in [0.25, 0.3) is 5.91 Å². The first kappa shape index (κ1) is 13.3. The molecular weight excluding hydrogens is 192 g/mol. The van der Waals surface area contributed by atoms with E-state index in [9.17, 15) is 4.79 Å². The van der Waals surface area contributed by atoms with Crippen molar-refractivity contribution in [3.63, 3.8) is 0 Å². The number of nitrogens with two attached hydrogens (primary N) is 1. The van der Waals surface area contributed by atoms with Crippen molar-refractivity contribution in [1.82, 2.24) is 5.48 Å². The van der Waals surface area contributed by atoms with Crippen LogP contribution in [0.25, 0.3) is 0 Å². The van der Waals surface area contributed by atoms with Gasteiger partial charge in [0.15, 0.2) is 0 Å². The van der Waals surface area contributed by atoms with Crippen LogP contribution < -0.4 is 11.4 Å². The van der Waals surface area contributed by atoms with E-state index in [0.29, 0.717) is 19.8 Å². The number of methoxy groups -OCH3 is 1. The Hall–Kier alpha value is -0.730. The summed E-state index contributed by atoms with van der Waals surface area (Å²) in [5, 5.41) is 0. The predicted molar refractivity (Wildman–Crippen MR) is 46.9 cm³/mol. The summed E-state index contributed by atoms with van der Waals surface area (Å²) in [4.78, 5) is 19.8. The standard InChI is InChI=1S/C7H16N2O5/c1-11-6-7(10)9-14-5-3-12-2-4-13-8/h2-6,8H2,1H3,(H,9,10). The zero-order chi connectivity index (χ0) is 10.6. The molecule has 0 rings (SSSR count). The summed E-state index contributed by atoms with van der Waals surface area (Å²) >= 11 is 0. The molecule has 3 N–H and O–H groups in total. The third-order valence-electron chi connectivity index (χ3n) is 1.14. The normalized spacial score (nSPS) is 10.1. The highest BCUT2D eigenvalue weighted by molar-refractivity contribution is 5.75. The number of ether oxygens (including phenoxy) is 2. The Morgan fingerprint density at radius 2 is 2.00 bits per heavy atom. The van der Waals surface area contributed by atoms with Crippen molar-refractivity contribution in [2.45, 2.75) is 0 Å². The second-order valence-electron chi connectivity index (χ2n) is 2.29. The maximum Gasteiger partial charge on any atom is 0.269 e. The van der Waals surface area contributed by atoms with Gasteiger partial charge in [-0.3, -0.25) is 9.63 Å². The van der Waals surface area contributed by atoms with E-state index in [-0.39, 0.29) is 19.1 Å². The van der Waals surface area contributed by atoms with Crippen molar-refractivity contribution < 1.29 is 23.9 Å². The Labute approximate surface area is 82.3 Å². The molecule has 0 aliphatic carbocycles. The lowest BCUT2D eigenvalue weighted by atomic mass is 10.7. The van der Waals surface area contributed by atoms with Gasteiger partial charge in [0.2, 0.25) is 0 Å². The molecule has 0 radical (unpaired) electrons. The van der Waals surface area contributed by atoms with Gasteiger partial charge in [-0.05, 0) is 0 Å². The van der Waals surface area contributed by atoms with Crippen LogP contribution in [-0.2, 0) is 23.9 Å². The average Bonchev–Trinajstić information content (AvgIpc) is 2.17. The average molecular weight is 208 g/mol. The van der Waals surface area contributed by atoms with Crippen LogP contribution in [-0.4, -0.2) is 46.1 Å². The first-order chi connectivity index (χ1) is 6.81. The van der Waals surface area contributed by atoms with Crippen LogP contribution in [0.1, 0.15) is 0 Å². The highest BCUT2D eigenvalue weighted by Crippen LogP contribution is 1.77. The van der Waals surface area contributed by atoms with Crippen molar-refractivity contribution in [2.24, 2.45) is 5.90 Å². The molecule has 7 heteroatoms. The molecule has 0 aromatic rings. The molecule has 1 amide bonds. The summed E-state index contributed by atoms with van der Waals surface area (Å²) in [6.07, 6.45) is 0. The Bertz CT molecular complexity index is 144. The number of hydroxylamine groups is 1. The summed E-state index contributed by atoms with van der Waals surface area (Å²) in [5.41, 5.74) is 2.17. The molecular formula is C7H16N2O5. The monoisotopic (exact) mass is 208 g/mol. The quantitative estimate of drug-likeness (QED) is 0.357. The Kier molecular flexibility index (Phi) is 9.81. The predicted octanol–water partition coefficient (Wildman–Crippen LogP) is -1.41. The number of carbonyl (C=O) groups is 1. The molecule has 0 aliphatic rings. The van der Waals surface area contributed by atoms with E-state index < -0.39 is 0 Å². The third kappa shape index (κ3) is 9.36. The molecule has 0 aromatic heterocycles. The van der Waals surface area contributed by atoms with Gasteiger partial charge < -0.3 is 14.3 Å². The smallest absolute Gasteiger partial charge is 0.269 e. The van der Waals surface area contributed by atoms with E-state index in [2.05, 4.69) is 15.1 Å². The van der Waals surface area contributed by atoms with Gasteiger partial charge in [0, 0.05) is 7.11 Å². The minimum atomic E-state index is -0.335. The van der Waals surface area contributed by atoms with Crippen molar-refractivity contribution in [3.8, 4) is 0 Å². The molecule has 0 heterocycles. The molecule has 0 saturated carbocycles. The van der Waals surface area contributed by atoms with Crippen molar-refractivity contribution in [2.75, 3.05) is 40.1 Å². The Morgan fingerprint density at radius 3 is 2.64 bits per heavy atom. The molecule has 0 unspecified atom stereocenters. The van der Waals surface area contributed by atoms with Gasteiger partial charge in [-0.25, -0.2) is 11.4 Å². The lowest BCUT2D eigenvalue weighted by Gasteiger charge is -2.05. The zero-order valence-electron chi connectivity index (χ0n) is 8.15. The van der Waals surface area contributed by atoms with E-state index in [1.807, 2.05) is 0 Å². The van der Waals surface area contributed by atoms with E-state index in [1.165, 1.54) is 7.11 Å². The minimum absolute atomic E-state index is 0.0259. The maximum absolute atomic E-state index is 10.7. The summed E-state index contributed by atoms with van der Waals surface area (Å²) in [5.74, 6) is 4.42. The minimum Gasteiger partial charge on any atom is -0.376 e. The van der Waals surface area contributed by atoms with E-state index in [4.69, 9.17) is 15.5 Å². The van der Waals surface area contributed by atoms with Crippen LogP contribution in [0.15, 0.2) is 0 Å². The van der Waals surface area contributed by atoms with E-state index in [0.717, 1.165) is 0 Å². The summed E-state index contributed by atoms with van der Waals surface area (Å²) in [7, 11) is 1.43. The number of nitrogens with one attached hydrogen (secondary N) is 1. The molecule has 0 spiro atoms. The van der Waals surface area contributed by atoms with E-state index >= 15 is 0 Å². The molecule has 0 aliphatic heterocycles. The fourth-order valence-electron chi connectivity index (χ4n) is 0.602. The molecule has 0 fully saturated rings. The molecule has 0 aromatic carbocycles. The third-order valence-corrected chi connectivity index (χ3v) is 1.14. The zero-order valence-corrected chi connectivity index (χ0v) is 8.15. The summed E-state index contributed by atoms with van der Waals surface area (Å²) in [6, 6.07) is 0. The van der Waals surface area contributed by atoms with Crippen LogP contribution in [0, 0.1) is 0 Å². The maximum atomic E-state index is 10.7. The second-order valence-corrected chi connectivity index (χ2v) is 2.29. The van der Waals surface area contributed by atoms with Crippen LogP contribution >= 0.6 is 0 Å². The topological polar surface area (TPSA) is 92.0 Å². The molecule has 14 heavy (non-hydrogen) atoms. The molecule has 0 atom stereocenters. The molecule has 0 bridgehead atoms. The van der Waals surface area contributed by atoms with Gasteiger partial charge in [-0.1, -0.05) is 0 Å². The molecule has 0 saturated heterocycles. The SMILES string of the molecule is COCC(=O)NOCCOCCON. The molecule has 7 nitrogen and oxygen atoms in total. The van der Waals surface area contributed by atoms with Gasteiger partial charge in [0.1, 0.15) is 6.61 Å². The molecule has 84 valence electrons. The van der Waals surface area contributed by atoms with Crippen LogP contribution in [0.5, 0.6) is 0 Å². The van der Waals surface area contributed by atoms with Gasteiger partial charge in [-0.2, -0.15) is 0 Å². The Balaban J connectivity index is 3.01. The van der Waals surface area contributed by atoms with Crippen LogP contribution in [0.2, 0.25) is 0 Å². The first-order valence-corrected chi connectivity index (χ1v) is 4.10. The van der Waals surface area contributed by atoms with Crippen LogP contribution in [0.3, 0.4) is 0 Å². The second kappa shape index (κ2) is 10.4. The number of hydrogen-bond donors (Lipinski definition) is 2. The number of hydrogen-bond acceptors (Lipinski definition) is 6. The fourth-order valence-corrected chi connectivity index (χ4v) is 0.602. The first-order valence-electron chi connectivity index (χ1n) is 4.10. The van der Waals surface area contributed by atoms with E-state index in [1.54, 1.807) is 0 Å². The number of amides is 1.